The second-order valence-electron chi connectivity index (χ2n) is 3.46. The Hall–Kier alpha value is -0.630. The van der Waals surface area contributed by atoms with Gasteiger partial charge in [0, 0.05) is 12.4 Å². The van der Waals surface area contributed by atoms with Gasteiger partial charge in [0.1, 0.15) is 5.15 Å². The lowest BCUT2D eigenvalue weighted by atomic mass is 10.1. The number of aromatic nitrogens is 2. The zero-order chi connectivity index (χ0) is 10.2. The standard InChI is InChI=1S/C11H17ClN2/c1-2-3-4-5-6-7-10-11(12)14-9-8-13-10/h8-9H,2-7H2,1H3. The van der Waals surface area contributed by atoms with E-state index in [4.69, 9.17) is 11.6 Å². The van der Waals surface area contributed by atoms with Crippen molar-refractivity contribution in [2.45, 2.75) is 45.4 Å². The molecule has 1 aromatic rings. The second-order valence-corrected chi connectivity index (χ2v) is 3.82. The molecule has 0 unspecified atom stereocenters. The summed E-state index contributed by atoms with van der Waals surface area (Å²) >= 11 is 5.89. The molecule has 0 aliphatic heterocycles. The molecule has 3 heteroatoms. The first-order chi connectivity index (χ1) is 6.84. The fourth-order valence-electron chi connectivity index (χ4n) is 1.41. The SMILES string of the molecule is CCCCCCCc1nccnc1Cl. The summed E-state index contributed by atoms with van der Waals surface area (Å²) in [6, 6.07) is 0. The third-order valence-corrected chi connectivity index (χ3v) is 2.56. The minimum absolute atomic E-state index is 0.558. The molecule has 2 nitrogen and oxygen atoms in total. The molecule has 0 atom stereocenters. The number of nitrogens with zero attached hydrogens (tertiary/aromatic N) is 2. The molecule has 0 saturated heterocycles. The van der Waals surface area contributed by atoms with E-state index in [0.29, 0.717) is 5.15 Å². The normalized spacial score (nSPS) is 10.4. The molecule has 0 saturated carbocycles. The molecular formula is C11H17ClN2. The number of unbranched alkanes of at least 4 members (excludes halogenated alkanes) is 4. The van der Waals surface area contributed by atoms with Crippen molar-refractivity contribution in [2.75, 3.05) is 0 Å². The van der Waals surface area contributed by atoms with Gasteiger partial charge in [-0.05, 0) is 12.8 Å². The van der Waals surface area contributed by atoms with Crippen LogP contribution in [-0.2, 0) is 6.42 Å². The van der Waals surface area contributed by atoms with Crippen LogP contribution in [0.25, 0.3) is 0 Å². The zero-order valence-corrected chi connectivity index (χ0v) is 9.43. The first-order valence-corrected chi connectivity index (χ1v) is 5.67. The monoisotopic (exact) mass is 212 g/mol. The topological polar surface area (TPSA) is 25.8 Å². The Balaban J connectivity index is 2.21. The third-order valence-electron chi connectivity index (χ3n) is 2.24. The van der Waals surface area contributed by atoms with Gasteiger partial charge in [-0.15, -0.1) is 0 Å². The van der Waals surface area contributed by atoms with Crippen molar-refractivity contribution < 1.29 is 0 Å². The highest BCUT2D eigenvalue weighted by atomic mass is 35.5. The van der Waals surface area contributed by atoms with Gasteiger partial charge < -0.3 is 0 Å². The van der Waals surface area contributed by atoms with Crippen LogP contribution in [0, 0.1) is 0 Å². The van der Waals surface area contributed by atoms with E-state index >= 15 is 0 Å². The lowest BCUT2D eigenvalue weighted by molar-refractivity contribution is 0.627. The van der Waals surface area contributed by atoms with Gasteiger partial charge in [-0.25, -0.2) is 4.98 Å². The molecule has 0 N–H and O–H groups in total. The number of rotatable bonds is 6. The minimum atomic E-state index is 0.558. The van der Waals surface area contributed by atoms with Crippen LogP contribution in [-0.4, -0.2) is 9.97 Å². The van der Waals surface area contributed by atoms with Gasteiger partial charge in [0.05, 0.1) is 5.69 Å². The fraction of sp³-hybridized carbons (Fsp3) is 0.636. The van der Waals surface area contributed by atoms with Crippen molar-refractivity contribution in [3.63, 3.8) is 0 Å². The van der Waals surface area contributed by atoms with E-state index in [9.17, 15) is 0 Å². The summed E-state index contributed by atoms with van der Waals surface area (Å²) in [6.07, 6.45) is 10.6. The van der Waals surface area contributed by atoms with Crippen molar-refractivity contribution in [1.82, 2.24) is 9.97 Å². The fourth-order valence-corrected chi connectivity index (χ4v) is 1.61. The van der Waals surface area contributed by atoms with Gasteiger partial charge in [-0.1, -0.05) is 44.2 Å². The van der Waals surface area contributed by atoms with Crippen LogP contribution < -0.4 is 0 Å². The zero-order valence-electron chi connectivity index (χ0n) is 8.67. The molecule has 0 aromatic carbocycles. The molecule has 0 aliphatic carbocycles. The molecular weight excluding hydrogens is 196 g/mol. The summed E-state index contributed by atoms with van der Waals surface area (Å²) in [4.78, 5) is 8.20. The Bertz CT molecular complexity index is 263. The maximum atomic E-state index is 5.89. The van der Waals surface area contributed by atoms with Crippen LogP contribution in [0.5, 0.6) is 0 Å². The highest BCUT2D eigenvalue weighted by molar-refractivity contribution is 6.29. The number of hydrogen-bond donors (Lipinski definition) is 0. The summed E-state index contributed by atoms with van der Waals surface area (Å²) in [7, 11) is 0. The molecule has 0 spiro atoms. The number of aryl methyl sites for hydroxylation is 1. The highest BCUT2D eigenvalue weighted by Crippen LogP contribution is 2.12. The van der Waals surface area contributed by atoms with Crippen LogP contribution in [0.4, 0.5) is 0 Å². The van der Waals surface area contributed by atoms with Crippen LogP contribution in [0.1, 0.15) is 44.7 Å². The van der Waals surface area contributed by atoms with E-state index in [2.05, 4.69) is 16.9 Å². The van der Waals surface area contributed by atoms with Crippen LogP contribution in [0.15, 0.2) is 12.4 Å². The molecule has 1 aromatic heterocycles. The van der Waals surface area contributed by atoms with Crippen LogP contribution >= 0.6 is 11.6 Å². The molecule has 1 heterocycles. The van der Waals surface area contributed by atoms with Gasteiger partial charge in [-0.2, -0.15) is 0 Å². The summed E-state index contributed by atoms with van der Waals surface area (Å²) in [5.41, 5.74) is 0.936. The Kier molecular flexibility index (Phi) is 5.53. The second kappa shape index (κ2) is 6.77. The largest absolute Gasteiger partial charge is 0.256 e. The lowest BCUT2D eigenvalue weighted by Crippen LogP contribution is -1.93. The lowest BCUT2D eigenvalue weighted by Gasteiger charge is -2.01. The summed E-state index contributed by atoms with van der Waals surface area (Å²) < 4.78 is 0. The Morgan fingerprint density at radius 1 is 1.07 bits per heavy atom. The molecule has 0 radical (unpaired) electrons. The van der Waals surface area contributed by atoms with Crippen LogP contribution in [0.3, 0.4) is 0 Å². The first kappa shape index (κ1) is 11.4. The summed E-state index contributed by atoms with van der Waals surface area (Å²) in [5, 5.41) is 0.558. The van der Waals surface area contributed by atoms with Crippen molar-refractivity contribution in [2.24, 2.45) is 0 Å². The van der Waals surface area contributed by atoms with E-state index in [1.807, 2.05) is 0 Å². The molecule has 78 valence electrons. The smallest absolute Gasteiger partial charge is 0.150 e. The highest BCUT2D eigenvalue weighted by Gasteiger charge is 2.00. The van der Waals surface area contributed by atoms with Crippen molar-refractivity contribution in [3.05, 3.63) is 23.2 Å². The Morgan fingerprint density at radius 2 is 1.79 bits per heavy atom. The third kappa shape index (κ3) is 4.05. The summed E-state index contributed by atoms with van der Waals surface area (Å²) in [6.45, 7) is 2.22. The van der Waals surface area contributed by atoms with E-state index in [0.717, 1.165) is 12.1 Å². The molecule has 0 bridgehead atoms. The molecule has 0 fully saturated rings. The van der Waals surface area contributed by atoms with Gasteiger partial charge in [0.15, 0.2) is 0 Å². The van der Waals surface area contributed by atoms with E-state index in [-0.39, 0.29) is 0 Å². The van der Waals surface area contributed by atoms with Gasteiger partial charge >= 0.3 is 0 Å². The Labute approximate surface area is 90.7 Å². The van der Waals surface area contributed by atoms with Gasteiger partial charge in [0.2, 0.25) is 0 Å². The molecule has 0 aliphatic rings. The Morgan fingerprint density at radius 3 is 2.50 bits per heavy atom. The average Bonchev–Trinajstić information content (AvgIpc) is 2.20. The first-order valence-electron chi connectivity index (χ1n) is 5.30. The predicted molar refractivity (Wildman–Crippen MR) is 59.5 cm³/mol. The predicted octanol–water partition coefficient (Wildman–Crippen LogP) is 3.64. The number of halogens is 1. The van der Waals surface area contributed by atoms with Gasteiger partial charge in [-0.3, -0.25) is 4.98 Å². The van der Waals surface area contributed by atoms with Crippen molar-refractivity contribution in [1.29, 1.82) is 0 Å². The molecule has 14 heavy (non-hydrogen) atoms. The molecule has 0 amide bonds. The maximum Gasteiger partial charge on any atom is 0.150 e. The van der Waals surface area contributed by atoms with E-state index < -0.39 is 0 Å². The number of hydrogen-bond acceptors (Lipinski definition) is 2. The average molecular weight is 213 g/mol. The maximum absolute atomic E-state index is 5.89. The van der Waals surface area contributed by atoms with Crippen LogP contribution in [0.2, 0.25) is 5.15 Å². The van der Waals surface area contributed by atoms with E-state index in [1.54, 1.807) is 12.4 Å². The summed E-state index contributed by atoms with van der Waals surface area (Å²) in [5.74, 6) is 0. The van der Waals surface area contributed by atoms with Crippen molar-refractivity contribution in [3.8, 4) is 0 Å². The minimum Gasteiger partial charge on any atom is -0.256 e. The molecule has 1 rings (SSSR count). The van der Waals surface area contributed by atoms with Gasteiger partial charge in [0.25, 0.3) is 0 Å². The van der Waals surface area contributed by atoms with Crippen molar-refractivity contribution >= 4 is 11.6 Å². The quantitative estimate of drug-likeness (QED) is 0.673. The van der Waals surface area contributed by atoms with E-state index in [1.165, 1.54) is 32.1 Å².